The summed E-state index contributed by atoms with van der Waals surface area (Å²) in [4.78, 5) is 26.8. The Morgan fingerprint density at radius 3 is 2.14 bits per heavy atom. The molecule has 13 nitrogen and oxygen atoms in total. The normalized spacial score (nSPS) is 19.2. The predicted molar refractivity (Wildman–Crippen MR) is 134 cm³/mol. The van der Waals surface area contributed by atoms with Gasteiger partial charge in [0.05, 0.1) is 65.6 Å². The number of hydrogen-bond donors (Lipinski definition) is 5. The standard InChI is InChI=1S/C20H43BN2O11P2/c21-20-6-5-19(34-20)17-32-35(24)31-16-15-30-14-13-29-12-11-28-10-8-23-18-22-7-3-1-2-4-9-33-36(25,26)27/h19-20,22-24H,1-18H2,(H2,25,26,27). The van der Waals surface area contributed by atoms with Gasteiger partial charge >= 0.3 is 16.4 Å². The zero-order chi connectivity index (χ0) is 26.3. The maximum atomic E-state index is 10.5. The van der Waals surface area contributed by atoms with E-state index in [1.54, 1.807) is 0 Å². The smallest absolute Gasteiger partial charge is 0.382 e. The second-order valence-electron chi connectivity index (χ2n) is 7.99. The molecule has 0 amide bonds. The predicted octanol–water partition coefficient (Wildman–Crippen LogP) is 0.769. The maximum absolute atomic E-state index is 10.5. The van der Waals surface area contributed by atoms with Crippen molar-refractivity contribution in [2.75, 3.05) is 79.2 Å². The van der Waals surface area contributed by atoms with E-state index in [4.69, 9.17) is 45.6 Å². The Hall–Kier alpha value is 0.245. The van der Waals surface area contributed by atoms with Crippen LogP contribution >= 0.6 is 16.4 Å². The van der Waals surface area contributed by atoms with Crippen molar-refractivity contribution in [2.24, 2.45) is 0 Å². The largest absolute Gasteiger partial charge is 0.469 e. The van der Waals surface area contributed by atoms with Gasteiger partial charge in [-0.15, -0.1) is 0 Å². The van der Waals surface area contributed by atoms with Gasteiger partial charge in [0.15, 0.2) is 0 Å². The molecule has 3 unspecified atom stereocenters. The van der Waals surface area contributed by atoms with E-state index < -0.39 is 16.4 Å². The molecular weight excluding hydrogens is 517 g/mol. The van der Waals surface area contributed by atoms with Crippen molar-refractivity contribution in [1.82, 2.24) is 10.6 Å². The van der Waals surface area contributed by atoms with Crippen LogP contribution in [0.5, 0.6) is 0 Å². The summed E-state index contributed by atoms with van der Waals surface area (Å²) in [7, 11) is -0.634. The number of rotatable bonds is 26. The van der Waals surface area contributed by atoms with Gasteiger partial charge in [0, 0.05) is 19.2 Å². The zero-order valence-electron chi connectivity index (χ0n) is 21.0. The lowest BCUT2D eigenvalue weighted by Gasteiger charge is -2.15. The summed E-state index contributed by atoms with van der Waals surface area (Å²) in [5.74, 6) is 0. The summed E-state index contributed by atoms with van der Waals surface area (Å²) >= 11 is 0. The maximum Gasteiger partial charge on any atom is 0.469 e. The van der Waals surface area contributed by atoms with E-state index in [0.29, 0.717) is 52.7 Å². The molecule has 3 atom stereocenters. The van der Waals surface area contributed by atoms with Crippen LogP contribution in [0, 0.1) is 0 Å². The van der Waals surface area contributed by atoms with E-state index in [-0.39, 0.29) is 31.9 Å². The van der Waals surface area contributed by atoms with Gasteiger partial charge in [0.25, 0.3) is 0 Å². The molecule has 1 aliphatic heterocycles. The Morgan fingerprint density at radius 1 is 0.833 bits per heavy atom. The highest BCUT2D eigenvalue weighted by Crippen LogP contribution is 2.36. The fourth-order valence-electron chi connectivity index (χ4n) is 3.05. The van der Waals surface area contributed by atoms with Crippen LogP contribution in [-0.4, -0.2) is 114 Å². The second-order valence-corrected chi connectivity index (χ2v) is 10.2. The van der Waals surface area contributed by atoms with Crippen LogP contribution in [-0.2, 0) is 37.1 Å². The first-order valence-electron chi connectivity index (χ1n) is 12.4. The molecule has 1 aliphatic rings. The van der Waals surface area contributed by atoms with E-state index >= 15 is 0 Å². The van der Waals surface area contributed by atoms with Gasteiger partial charge in [-0.05, 0) is 32.2 Å². The highest BCUT2D eigenvalue weighted by atomic mass is 31.2. The number of phosphoric ester groups is 1. The fourth-order valence-corrected chi connectivity index (χ4v) is 4.02. The summed E-state index contributed by atoms with van der Waals surface area (Å²) in [5, 5.41) is 6.49. The van der Waals surface area contributed by atoms with E-state index in [1.165, 1.54) is 0 Å². The Balaban J connectivity index is 1.68. The summed E-state index contributed by atoms with van der Waals surface area (Å²) in [6, 6.07) is -0.244. The van der Waals surface area contributed by atoms with Crippen molar-refractivity contribution in [3.8, 4) is 0 Å². The van der Waals surface area contributed by atoms with Gasteiger partial charge < -0.3 is 53.3 Å². The van der Waals surface area contributed by atoms with Crippen LogP contribution in [0.3, 0.4) is 0 Å². The lowest BCUT2D eigenvalue weighted by Crippen LogP contribution is -2.32. The molecule has 2 radical (unpaired) electrons. The van der Waals surface area contributed by atoms with Gasteiger partial charge in [0.1, 0.15) is 7.85 Å². The van der Waals surface area contributed by atoms with E-state index in [2.05, 4.69) is 15.2 Å². The average molecular weight is 560 g/mol. The van der Waals surface area contributed by atoms with Crippen LogP contribution in [0.2, 0.25) is 0 Å². The molecule has 1 fully saturated rings. The molecule has 16 heteroatoms. The van der Waals surface area contributed by atoms with E-state index in [1.807, 2.05) is 0 Å². The van der Waals surface area contributed by atoms with Crippen molar-refractivity contribution in [3.05, 3.63) is 0 Å². The molecule has 5 N–H and O–H groups in total. The lowest BCUT2D eigenvalue weighted by molar-refractivity contribution is 0.00720. The van der Waals surface area contributed by atoms with Crippen molar-refractivity contribution >= 4 is 24.3 Å². The third-order valence-electron chi connectivity index (χ3n) is 4.87. The molecule has 0 bridgehead atoms. The van der Waals surface area contributed by atoms with Crippen LogP contribution in [0.25, 0.3) is 0 Å². The zero-order valence-corrected chi connectivity index (χ0v) is 22.8. The summed E-state index contributed by atoms with van der Waals surface area (Å²) in [5.41, 5.74) is 0. The van der Waals surface area contributed by atoms with E-state index in [0.717, 1.165) is 45.2 Å². The minimum absolute atomic E-state index is 0.0842. The van der Waals surface area contributed by atoms with Crippen molar-refractivity contribution in [2.45, 2.75) is 50.6 Å². The topological polar surface area (TPSA) is 166 Å². The van der Waals surface area contributed by atoms with Gasteiger partial charge in [-0.25, -0.2) is 4.57 Å². The molecule has 0 saturated carbocycles. The monoisotopic (exact) mass is 560 g/mol. The van der Waals surface area contributed by atoms with Gasteiger partial charge in [-0.1, -0.05) is 12.8 Å². The van der Waals surface area contributed by atoms with Gasteiger partial charge in [-0.3, -0.25) is 4.52 Å². The van der Waals surface area contributed by atoms with Crippen molar-refractivity contribution in [1.29, 1.82) is 0 Å². The van der Waals surface area contributed by atoms with Crippen LogP contribution in [0.15, 0.2) is 0 Å². The molecule has 0 aromatic rings. The first kappa shape index (κ1) is 34.3. The molecule has 0 aromatic carbocycles. The lowest BCUT2D eigenvalue weighted by atomic mass is 9.97. The number of nitrogens with one attached hydrogen (secondary N) is 2. The summed E-state index contributed by atoms with van der Waals surface area (Å²) in [6.45, 7) is 5.67. The quantitative estimate of drug-likeness (QED) is 0.0436. The number of ether oxygens (including phenoxy) is 4. The Labute approximate surface area is 216 Å². The molecule has 212 valence electrons. The second kappa shape index (κ2) is 23.2. The fraction of sp³-hybridized carbons (Fsp3) is 1.00. The van der Waals surface area contributed by atoms with Crippen molar-refractivity contribution in [3.63, 3.8) is 0 Å². The minimum Gasteiger partial charge on any atom is -0.382 e. The number of phosphoric acid groups is 1. The van der Waals surface area contributed by atoms with Crippen LogP contribution in [0.4, 0.5) is 0 Å². The van der Waals surface area contributed by atoms with Crippen molar-refractivity contribution < 1.29 is 51.8 Å². The highest BCUT2D eigenvalue weighted by molar-refractivity contribution is 7.46. The molecule has 1 saturated heterocycles. The SMILES string of the molecule is [B]C1CCC(COP(O)OCCOCCOCCOCCNCNCCCCCCOP(=O)(O)O)O1. The molecule has 36 heavy (non-hydrogen) atoms. The first-order valence-corrected chi connectivity index (χ1v) is 15.0. The third kappa shape index (κ3) is 23.4. The van der Waals surface area contributed by atoms with Gasteiger partial charge in [0.2, 0.25) is 0 Å². The molecule has 0 aliphatic carbocycles. The molecular formula is C20H43BN2O11P2. The molecule has 1 heterocycles. The minimum atomic E-state index is -4.33. The molecule has 0 spiro atoms. The summed E-state index contributed by atoms with van der Waals surface area (Å²) in [6.07, 6.45) is 5.02. The summed E-state index contributed by atoms with van der Waals surface area (Å²) < 4.78 is 47.0. The number of hydrogen-bond acceptors (Lipinski definition) is 11. The number of unbranched alkanes of at least 4 members (excludes halogenated alkanes) is 3. The van der Waals surface area contributed by atoms with Crippen LogP contribution < -0.4 is 10.6 Å². The van der Waals surface area contributed by atoms with Gasteiger partial charge in [-0.2, -0.15) is 0 Å². The highest BCUT2D eigenvalue weighted by Gasteiger charge is 2.23. The molecule has 1 rings (SSSR count). The Kier molecular flexibility index (Phi) is 22.0. The van der Waals surface area contributed by atoms with E-state index in [9.17, 15) is 9.46 Å². The Morgan fingerprint density at radius 2 is 1.47 bits per heavy atom. The third-order valence-corrected chi connectivity index (χ3v) is 6.16. The molecule has 0 aromatic heterocycles. The Bertz CT molecular complexity index is 554. The average Bonchev–Trinajstić information content (AvgIpc) is 3.25. The van der Waals surface area contributed by atoms with Crippen LogP contribution in [0.1, 0.15) is 38.5 Å². The first-order chi connectivity index (χ1) is 17.4.